The number of anilines is 1. The maximum Gasteiger partial charge on any atom is 0.704 e. The highest BCUT2D eigenvalue weighted by molar-refractivity contribution is 8.82. The highest BCUT2D eigenvalue weighted by atomic mass is 33.1. The zero-order valence-corrected chi connectivity index (χ0v) is 17.2. The molecule has 152 valence electrons. The summed E-state index contributed by atoms with van der Waals surface area (Å²) in [5.41, 5.74) is 6.51. The Bertz CT molecular complexity index is 960. The predicted octanol–water partition coefficient (Wildman–Crippen LogP) is 1.23. The van der Waals surface area contributed by atoms with Crippen LogP contribution in [0.2, 0.25) is 0 Å². The summed E-state index contributed by atoms with van der Waals surface area (Å²) in [5.74, 6) is 0.191. The lowest BCUT2D eigenvalue weighted by molar-refractivity contribution is -0.0364. The first-order valence-electron chi connectivity index (χ1n) is 7.41. The van der Waals surface area contributed by atoms with Gasteiger partial charge >= 0.3 is 22.3 Å². The second-order valence-corrected chi connectivity index (χ2v) is 12.6. The number of fused-ring (bicyclic) bond motifs is 1. The maximum absolute atomic E-state index is 11.7. The molecule has 14 nitrogen and oxygen atoms in total. The fraction of sp³-hybridized carbons (Fsp3) is 0.500. The molecule has 0 spiro atoms. The van der Waals surface area contributed by atoms with Crippen LogP contribution in [-0.4, -0.2) is 53.2 Å². The van der Waals surface area contributed by atoms with Crippen molar-refractivity contribution in [2.75, 3.05) is 12.3 Å². The standard InChI is InChI=1S/C10H12N5O9P3S/c11-9-8-10(13-3-12-9)15(4-14-8)7-1-5(16)6(23-7)2-22-26(19)28-27(20,21)24-25(17)18/h3-7,16H,1-2H2,(H2-2,11,12,13,17,18,20,21)/p+2/t5-,6+,7+/m0/s1. The Morgan fingerprint density at radius 3 is 2.89 bits per heavy atom. The molecular formula is C10H14N5O9P3S+2. The van der Waals surface area contributed by atoms with Crippen molar-refractivity contribution in [2.45, 2.75) is 24.9 Å². The van der Waals surface area contributed by atoms with Gasteiger partial charge in [0.25, 0.3) is 11.0 Å². The molecule has 1 saturated heterocycles. The van der Waals surface area contributed by atoms with Gasteiger partial charge in [0.2, 0.25) is 0 Å². The molecule has 1 fully saturated rings. The zero-order valence-electron chi connectivity index (χ0n) is 13.7. The lowest BCUT2D eigenvalue weighted by Crippen LogP contribution is -2.25. The third kappa shape index (κ3) is 5.08. The van der Waals surface area contributed by atoms with Crippen LogP contribution in [0, 0.1) is 0 Å². The molecule has 1 aliphatic heterocycles. The van der Waals surface area contributed by atoms with Crippen molar-refractivity contribution in [3.05, 3.63) is 12.7 Å². The van der Waals surface area contributed by atoms with Crippen LogP contribution in [0.25, 0.3) is 11.2 Å². The minimum Gasteiger partial charge on any atom is -0.390 e. The van der Waals surface area contributed by atoms with Gasteiger partial charge in [-0.05, 0) is 8.88 Å². The van der Waals surface area contributed by atoms with Crippen molar-refractivity contribution in [3.8, 4) is 0 Å². The number of aromatic nitrogens is 4. The first-order valence-corrected chi connectivity index (χ1v) is 13.3. The Kier molecular flexibility index (Phi) is 6.72. The van der Waals surface area contributed by atoms with Crippen LogP contribution in [0.3, 0.4) is 0 Å². The second kappa shape index (κ2) is 8.72. The first-order chi connectivity index (χ1) is 13.2. The molecule has 2 aromatic rings. The number of nitrogens with zero attached hydrogens (tertiary/aromatic N) is 4. The number of ether oxygens (including phenoxy) is 1. The highest BCUT2D eigenvalue weighted by Crippen LogP contribution is 2.70. The van der Waals surface area contributed by atoms with Gasteiger partial charge in [0.15, 0.2) is 11.5 Å². The van der Waals surface area contributed by atoms with E-state index in [-0.39, 0.29) is 29.8 Å². The Morgan fingerprint density at radius 1 is 1.43 bits per heavy atom. The van der Waals surface area contributed by atoms with E-state index in [1.807, 2.05) is 0 Å². The molecule has 0 radical (unpaired) electrons. The number of imidazole rings is 1. The minimum absolute atomic E-state index is 0.134. The van der Waals surface area contributed by atoms with Crippen LogP contribution in [0.4, 0.5) is 5.82 Å². The molecule has 6 atom stereocenters. The van der Waals surface area contributed by atoms with Crippen molar-refractivity contribution >= 4 is 50.3 Å². The summed E-state index contributed by atoms with van der Waals surface area (Å²) in [6.07, 6.45) is 0.314. The van der Waals surface area contributed by atoms with E-state index in [1.54, 1.807) is 4.57 Å². The summed E-state index contributed by atoms with van der Waals surface area (Å²) in [4.78, 5) is 29.8. The van der Waals surface area contributed by atoms with Crippen molar-refractivity contribution in [3.63, 3.8) is 0 Å². The van der Waals surface area contributed by atoms with Crippen LogP contribution >= 0.6 is 33.3 Å². The number of aliphatic hydroxyl groups excluding tert-OH is 1. The van der Waals surface area contributed by atoms with E-state index >= 15 is 0 Å². The van der Waals surface area contributed by atoms with Crippen molar-refractivity contribution in [1.29, 1.82) is 0 Å². The largest absolute Gasteiger partial charge is 0.704 e. The molecule has 5 N–H and O–H groups in total. The van der Waals surface area contributed by atoms with Crippen molar-refractivity contribution in [2.24, 2.45) is 0 Å². The van der Waals surface area contributed by atoms with Gasteiger partial charge in [-0.25, -0.2) is 19.5 Å². The van der Waals surface area contributed by atoms with E-state index in [0.29, 0.717) is 11.2 Å². The topological polar surface area (TPSA) is 209 Å². The highest BCUT2D eigenvalue weighted by Gasteiger charge is 2.46. The molecule has 28 heavy (non-hydrogen) atoms. The number of hydrogen-bond acceptors (Lipinski definition) is 12. The van der Waals surface area contributed by atoms with E-state index < -0.39 is 40.7 Å². The smallest absolute Gasteiger partial charge is 0.390 e. The van der Waals surface area contributed by atoms with E-state index in [9.17, 15) is 23.7 Å². The molecule has 1 aliphatic rings. The Labute approximate surface area is 162 Å². The molecular weight excluding hydrogens is 459 g/mol. The Hall–Kier alpha value is -1.11. The van der Waals surface area contributed by atoms with Gasteiger partial charge in [-0.15, -0.1) is 9.42 Å². The minimum atomic E-state index is -4.63. The Balaban J connectivity index is 1.59. The van der Waals surface area contributed by atoms with E-state index in [2.05, 4.69) is 19.3 Å². The number of aliphatic hydroxyl groups is 1. The average Bonchev–Trinajstić information content (AvgIpc) is 3.15. The lowest BCUT2D eigenvalue weighted by atomic mass is 10.2. The zero-order chi connectivity index (χ0) is 20.5. The summed E-state index contributed by atoms with van der Waals surface area (Å²) in [7, 11) is -6.13. The number of rotatable bonds is 8. The van der Waals surface area contributed by atoms with Gasteiger partial charge < -0.3 is 20.5 Å². The van der Waals surface area contributed by atoms with Gasteiger partial charge in [-0.3, -0.25) is 4.57 Å². The van der Waals surface area contributed by atoms with Crippen LogP contribution in [0.5, 0.6) is 0 Å². The van der Waals surface area contributed by atoms with Crippen LogP contribution < -0.4 is 5.73 Å². The van der Waals surface area contributed by atoms with Crippen molar-refractivity contribution < 1.29 is 42.2 Å². The molecule has 18 heteroatoms. The molecule has 0 saturated carbocycles. The molecule has 0 aromatic carbocycles. The number of hydrogen-bond donors (Lipinski definition) is 4. The molecule has 3 unspecified atom stereocenters. The lowest BCUT2D eigenvalue weighted by Gasteiger charge is -2.13. The van der Waals surface area contributed by atoms with Crippen LogP contribution in [-0.2, 0) is 27.3 Å². The maximum atomic E-state index is 11.7. The van der Waals surface area contributed by atoms with Gasteiger partial charge in [-0.2, -0.15) is 0 Å². The van der Waals surface area contributed by atoms with E-state index in [1.165, 1.54) is 12.7 Å². The molecule has 3 heterocycles. The summed E-state index contributed by atoms with van der Waals surface area (Å²) < 4.78 is 49.6. The molecule has 0 amide bonds. The number of nitrogen functional groups attached to an aromatic ring is 1. The third-order valence-electron chi connectivity index (χ3n) is 3.59. The summed E-state index contributed by atoms with van der Waals surface area (Å²) in [6, 6.07) is 0. The van der Waals surface area contributed by atoms with E-state index in [0.717, 1.165) is 0 Å². The fourth-order valence-corrected chi connectivity index (χ4v) is 8.13. The molecule has 2 aromatic heterocycles. The van der Waals surface area contributed by atoms with Crippen LogP contribution in [0.15, 0.2) is 12.7 Å². The van der Waals surface area contributed by atoms with Crippen molar-refractivity contribution in [1.82, 2.24) is 19.5 Å². The quantitative estimate of drug-likeness (QED) is 0.398. The molecule has 0 bridgehead atoms. The predicted molar refractivity (Wildman–Crippen MR) is 96.2 cm³/mol. The average molecular weight is 473 g/mol. The van der Waals surface area contributed by atoms with E-state index in [4.69, 9.17) is 19.9 Å². The second-order valence-electron chi connectivity index (χ2n) is 5.40. The fourth-order valence-electron chi connectivity index (χ4n) is 2.46. The monoisotopic (exact) mass is 473 g/mol. The van der Waals surface area contributed by atoms with Gasteiger partial charge in [-0.1, -0.05) is 0 Å². The third-order valence-corrected chi connectivity index (χ3v) is 10.7. The normalized spacial score (nSPS) is 25.6. The van der Waals surface area contributed by atoms with Crippen LogP contribution in [0.1, 0.15) is 12.6 Å². The SMILES string of the molecule is Nc1ncnc2c1ncn2[C@H]1C[C@H](O)[C@@H](CO[P+](=O)SP(=O)(O)O[P+](=O)O)O1. The van der Waals surface area contributed by atoms with Gasteiger partial charge in [0.1, 0.15) is 30.8 Å². The molecule has 3 rings (SSSR count). The number of nitrogens with two attached hydrogens (primary N) is 1. The summed E-state index contributed by atoms with van der Waals surface area (Å²) in [5, 5.41) is 10.2. The van der Waals surface area contributed by atoms with Gasteiger partial charge in [0, 0.05) is 11.0 Å². The Morgan fingerprint density at radius 2 is 2.18 bits per heavy atom. The summed E-state index contributed by atoms with van der Waals surface area (Å²) in [6.45, 7) is -5.00. The molecule has 0 aliphatic carbocycles. The summed E-state index contributed by atoms with van der Waals surface area (Å²) >= 11 is -0.134. The first kappa shape index (κ1) is 21.6. The van der Waals surface area contributed by atoms with Gasteiger partial charge in [0.05, 0.1) is 12.4 Å².